The van der Waals surface area contributed by atoms with Gasteiger partial charge in [-0.25, -0.2) is 4.98 Å². The zero-order valence-electron chi connectivity index (χ0n) is 18.0. The highest BCUT2D eigenvalue weighted by Gasteiger charge is 2.28. The Bertz CT molecular complexity index is 1370. The van der Waals surface area contributed by atoms with Crippen LogP contribution < -0.4 is 14.8 Å². The lowest BCUT2D eigenvalue weighted by molar-refractivity contribution is -0.123. The summed E-state index contributed by atoms with van der Waals surface area (Å²) < 4.78 is 15.3. The number of ketones is 1. The van der Waals surface area contributed by atoms with Crippen LogP contribution in [0.15, 0.2) is 73.1 Å². The second kappa shape index (κ2) is 8.66. The van der Waals surface area contributed by atoms with Crippen LogP contribution in [0, 0.1) is 0 Å². The van der Waals surface area contributed by atoms with Gasteiger partial charge in [-0.2, -0.15) is 0 Å². The van der Waals surface area contributed by atoms with E-state index in [0.29, 0.717) is 30.2 Å². The number of aromatic nitrogens is 3. The molecule has 1 amide bonds. The minimum atomic E-state index is -0.232. The monoisotopic (exact) mass is 442 g/mol. The third-order valence-corrected chi connectivity index (χ3v) is 5.48. The molecule has 1 aliphatic heterocycles. The number of fused-ring (bicyclic) bond motifs is 2. The number of rotatable bonds is 7. The van der Waals surface area contributed by atoms with Gasteiger partial charge >= 0.3 is 0 Å². The first-order valence-electron chi connectivity index (χ1n) is 10.6. The van der Waals surface area contributed by atoms with Gasteiger partial charge in [-0.3, -0.25) is 9.59 Å². The molecule has 0 unspecified atom stereocenters. The van der Waals surface area contributed by atoms with Crippen molar-refractivity contribution < 1.29 is 19.1 Å². The van der Waals surface area contributed by atoms with E-state index in [1.54, 1.807) is 36.8 Å². The normalized spacial score (nSPS) is 13.8. The van der Waals surface area contributed by atoms with Crippen LogP contribution in [0.25, 0.3) is 17.0 Å². The number of amides is 1. The fraction of sp³-hybridized carbons (Fsp3) is 0.160. The second-order valence-corrected chi connectivity index (χ2v) is 7.75. The average molecular weight is 442 g/mol. The fourth-order valence-corrected chi connectivity index (χ4v) is 3.83. The van der Waals surface area contributed by atoms with Crippen molar-refractivity contribution in [3.8, 4) is 11.5 Å². The van der Waals surface area contributed by atoms with E-state index in [1.807, 2.05) is 52.8 Å². The maximum atomic E-state index is 12.8. The number of aryl methyl sites for hydroxylation is 1. The van der Waals surface area contributed by atoms with Crippen LogP contribution in [-0.4, -0.2) is 39.0 Å². The number of ether oxygens (including phenoxy) is 2. The number of benzene rings is 2. The van der Waals surface area contributed by atoms with Gasteiger partial charge in [0.2, 0.25) is 5.78 Å². The Morgan fingerprint density at radius 1 is 1.24 bits per heavy atom. The number of nitrogens with one attached hydrogen (secondary N) is 1. The first-order valence-corrected chi connectivity index (χ1v) is 10.6. The van der Waals surface area contributed by atoms with E-state index in [-0.39, 0.29) is 24.1 Å². The number of carbonyl (C=O) groups excluding carboxylic acids is 2. The molecule has 166 valence electrons. The summed E-state index contributed by atoms with van der Waals surface area (Å²) in [6, 6.07) is 13.0. The van der Waals surface area contributed by atoms with Crippen LogP contribution in [0.4, 0.5) is 0 Å². The number of allylic oxidation sites excluding steroid dienone is 1. The van der Waals surface area contributed by atoms with Gasteiger partial charge in [0.05, 0.1) is 11.9 Å². The number of nitrogens with zero attached hydrogens (tertiary/aromatic N) is 3. The molecule has 2 aromatic heterocycles. The van der Waals surface area contributed by atoms with E-state index in [2.05, 4.69) is 10.3 Å². The van der Waals surface area contributed by atoms with Crippen molar-refractivity contribution in [1.82, 2.24) is 19.4 Å². The molecule has 0 saturated carbocycles. The van der Waals surface area contributed by atoms with Gasteiger partial charge in [0.1, 0.15) is 11.5 Å². The first-order chi connectivity index (χ1) is 16.1. The summed E-state index contributed by atoms with van der Waals surface area (Å²) in [6.45, 7) is 0.977. The molecule has 0 radical (unpaired) electrons. The SMILES string of the molecule is Cn1cc(/C=C2/Oc3cc(OCC(=O)NCCn4ccnc4)ccc3C2=O)c2ccccc21. The van der Waals surface area contributed by atoms with Crippen LogP contribution in [0.3, 0.4) is 0 Å². The van der Waals surface area contributed by atoms with E-state index in [4.69, 9.17) is 9.47 Å². The van der Waals surface area contributed by atoms with Gasteiger partial charge in [0, 0.05) is 61.3 Å². The minimum Gasteiger partial charge on any atom is -0.484 e. The molecule has 4 aromatic rings. The van der Waals surface area contributed by atoms with Crippen molar-refractivity contribution in [2.75, 3.05) is 13.2 Å². The van der Waals surface area contributed by atoms with Crippen molar-refractivity contribution in [2.24, 2.45) is 7.05 Å². The van der Waals surface area contributed by atoms with Crippen LogP contribution >= 0.6 is 0 Å². The molecule has 1 aliphatic rings. The Balaban J connectivity index is 1.23. The van der Waals surface area contributed by atoms with Crippen LogP contribution in [-0.2, 0) is 18.4 Å². The highest BCUT2D eigenvalue weighted by Crippen LogP contribution is 2.35. The number of para-hydroxylation sites is 1. The molecule has 5 rings (SSSR count). The Hall–Kier alpha value is -4.33. The van der Waals surface area contributed by atoms with Crippen LogP contribution in [0.5, 0.6) is 11.5 Å². The average Bonchev–Trinajstić information content (AvgIpc) is 3.52. The molecule has 0 fully saturated rings. The predicted octanol–water partition coefficient (Wildman–Crippen LogP) is 3.19. The molecule has 3 heterocycles. The number of Topliss-reactive ketones (excluding diaryl/α,β-unsaturated/α-hetero) is 1. The van der Waals surface area contributed by atoms with E-state index < -0.39 is 0 Å². The molecule has 8 heteroatoms. The summed E-state index contributed by atoms with van der Waals surface area (Å²) >= 11 is 0. The quantitative estimate of drug-likeness (QED) is 0.444. The number of hydrogen-bond donors (Lipinski definition) is 1. The minimum absolute atomic E-state index is 0.130. The summed E-state index contributed by atoms with van der Waals surface area (Å²) in [5.74, 6) is 0.726. The Morgan fingerprint density at radius 2 is 2.12 bits per heavy atom. The lowest BCUT2D eigenvalue weighted by atomic mass is 10.1. The maximum Gasteiger partial charge on any atom is 0.258 e. The molecule has 0 atom stereocenters. The molecule has 0 saturated heterocycles. The molecule has 0 aliphatic carbocycles. The van der Waals surface area contributed by atoms with E-state index in [0.717, 1.165) is 16.5 Å². The summed E-state index contributed by atoms with van der Waals surface area (Å²) in [5, 5.41) is 3.84. The summed E-state index contributed by atoms with van der Waals surface area (Å²) in [5.41, 5.74) is 2.46. The van der Waals surface area contributed by atoms with Crippen molar-refractivity contribution in [1.29, 1.82) is 0 Å². The van der Waals surface area contributed by atoms with E-state index in [9.17, 15) is 9.59 Å². The lowest BCUT2D eigenvalue weighted by Gasteiger charge is -2.08. The van der Waals surface area contributed by atoms with Crippen molar-refractivity contribution in [3.05, 3.63) is 84.3 Å². The molecule has 0 bridgehead atoms. The Labute approximate surface area is 190 Å². The molecule has 2 aromatic carbocycles. The van der Waals surface area contributed by atoms with Gasteiger partial charge in [0.15, 0.2) is 12.4 Å². The highest BCUT2D eigenvalue weighted by molar-refractivity contribution is 6.15. The van der Waals surface area contributed by atoms with Crippen molar-refractivity contribution in [2.45, 2.75) is 6.54 Å². The second-order valence-electron chi connectivity index (χ2n) is 7.75. The molecule has 8 nitrogen and oxygen atoms in total. The number of carbonyl (C=O) groups is 2. The van der Waals surface area contributed by atoms with E-state index in [1.165, 1.54) is 0 Å². The largest absolute Gasteiger partial charge is 0.484 e. The number of imidazole rings is 1. The van der Waals surface area contributed by atoms with Crippen LogP contribution in [0.1, 0.15) is 15.9 Å². The third kappa shape index (κ3) is 4.23. The predicted molar refractivity (Wildman–Crippen MR) is 123 cm³/mol. The van der Waals surface area contributed by atoms with Gasteiger partial charge < -0.3 is 23.9 Å². The summed E-state index contributed by atoms with van der Waals surface area (Å²) in [7, 11) is 1.97. The topological polar surface area (TPSA) is 87.4 Å². The Morgan fingerprint density at radius 3 is 2.97 bits per heavy atom. The molecule has 0 spiro atoms. The van der Waals surface area contributed by atoms with Gasteiger partial charge in [-0.1, -0.05) is 18.2 Å². The first kappa shape index (κ1) is 20.6. The van der Waals surface area contributed by atoms with Gasteiger partial charge in [0.25, 0.3) is 5.91 Å². The van der Waals surface area contributed by atoms with Gasteiger partial charge in [-0.15, -0.1) is 0 Å². The summed E-state index contributed by atoms with van der Waals surface area (Å²) in [4.78, 5) is 28.8. The number of hydrogen-bond acceptors (Lipinski definition) is 5. The van der Waals surface area contributed by atoms with Crippen molar-refractivity contribution in [3.63, 3.8) is 0 Å². The maximum absolute atomic E-state index is 12.8. The molecule has 1 N–H and O–H groups in total. The molecule has 33 heavy (non-hydrogen) atoms. The highest BCUT2D eigenvalue weighted by atomic mass is 16.5. The molecular formula is C25H22N4O4. The fourth-order valence-electron chi connectivity index (χ4n) is 3.83. The zero-order valence-corrected chi connectivity index (χ0v) is 18.0. The van der Waals surface area contributed by atoms with E-state index >= 15 is 0 Å². The lowest BCUT2D eigenvalue weighted by Crippen LogP contribution is -2.31. The smallest absolute Gasteiger partial charge is 0.258 e. The Kier molecular flexibility index (Phi) is 5.40. The summed E-state index contributed by atoms with van der Waals surface area (Å²) in [6.07, 6.45) is 8.94. The van der Waals surface area contributed by atoms with Gasteiger partial charge in [-0.05, 0) is 24.3 Å². The third-order valence-electron chi connectivity index (χ3n) is 5.48. The standard InChI is InChI=1S/C25H22N4O4/c1-28-14-17(19-4-2-3-5-21(19)28)12-23-25(31)20-7-6-18(13-22(20)33-23)32-15-24(30)27-9-11-29-10-8-26-16-29/h2-8,10,12-14,16H,9,11,15H2,1H3,(H,27,30)/b23-12+. The van der Waals surface area contributed by atoms with Crippen LogP contribution in [0.2, 0.25) is 0 Å². The molecular weight excluding hydrogens is 420 g/mol. The zero-order chi connectivity index (χ0) is 22.8. The van der Waals surface area contributed by atoms with Crippen molar-refractivity contribution >= 4 is 28.7 Å².